The maximum absolute atomic E-state index is 13.2. The largest absolute Gasteiger partial charge is 0.470 e. The van der Waals surface area contributed by atoms with Gasteiger partial charge in [0.2, 0.25) is 11.8 Å². The zero-order valence-electron chi connectivity index (χ0n) is 17.7. The molecule has 31 heavy (non-hydrogen) atoms. The Kier molecular flexibility index (Phi) is 6.27. The lowest BCUT2D eigenvalue weighted by Gasteiger charge is -2.34. The van der Waals surface area contributed by atoms with E-state index in [4.69, 9.17) is 16.3 Å². The number of carbonyl (C=O) groups is 2. The third kappa shape index (κ3) is 4.74. The Balaban J connectivity index is 1.40. The number of benzene rings is 1. The monoisotopic (exact) mass is 443 g/mol. The lowest BCUT2D eigenvalue weighted by Crippen LogP contribution is -2.47. The lowest BCUT2D eigenvalue weighted by molar-refractivity contribution is -0.138. The first-order valence-electron chi connectivity index (χ1n) is 10.4. The first-order chi connectivity index (χ1) is 14.9. The van der Waals surface area contributed by atoms with Gasteiger partial charge in [0, 0.05) is 56.7 Å². The molecule has 2 unspecified atom stereocenters. The van der Waals surface area contributed by atoms with Crippen LogP contribution in [0, 0.1) is 5.92 Å². The molecule has 2 aliphatic rings. The van der Waals surface area contributed by atoms with Crippen molar-refractivity contribution in [2.45, 2.75) is 25.4 Å². The zero-order chi connectivity index (χ0) is 22.0. The fraction of sp³-hybridized carbons (Fsp3) is 0.455. The number of hydrogen-bond donors (Lipinski definition) is 0. The number of ether oxygens (including phenoxy) is 1. The van der Waals surface area contributed by atoms with E-state index in [2.05, 4.69) is 9.97 Å². The average Bonchev–Trinajstić information content (AvgIpc) is 3.16. The van der Waals surface area contributed by atoms with Gasteiger partial charge in [-0.15, -0.1) is 0 Å². The molecular weight excluding hydrogens is 418 g/mol. The highest BCUT2D eigenvalue weighted by atomic mass is 35.5. The number of rotatable bonds is 5. The molecule has 0 saturated carbocycles. The van der Waals surface area contributed by atoms with Gasteiger partial charge in [0.1, 0.15) is 6.10 Å². The number of piperidine rings is 1. The molecule has 0 spiro atoms. The number of halogens is 1. The molecule has 3 heterocycles. The Labute approximate surface area is 186 Å². The van der Waals surface area contributed by atoms with E-state index in [0.717, 1.165) is 18.5 Å². The Morgan fingerprint density at radius 3 is 2.65 bits per heavy atom. The maximum atomic E-state index is 13.2. The van der Waals surface area contributed by atoms with Crippen molar-refractivity contribution in [2.75, 3.05) is 43.5 Å². The number of amides is 2. The average molecular weight is 444 g/mol. The standard InChI is InChI=1S/C22H26ClN5O3/c1-26(2)20-21(25-10-9-24-20)31-18-4-3-11-27(14-18)22(30)15-12-19(29)28(13-15)17-7-5-16(23)6-8-17/h5-10,15,18H,3-4,11-14H2,1-2H3. The summed E-state index contributed by atoms with van der Waals surface area (Å²) in [5, 5.41) is 0.614. The Hall–Kier alpha value is -2.87. The van der Waals surface area contributed by atoms with Crippen molar-refractivity contribution in [3.63, 3.8) is 0 Å². The van der Waals surface area contributed by atoms with Crippen molar-refractivity contribution >= 4 is 34.9 Å². The van der Waals surface area contributed by atoms with Crippen LogP contribution in [0.25, 0.3) is 0 Å². The third-order valence-electron chi connectivity index (χ3n) is 5.65. The SMILES string of the molecule is CN(C)c1nccnc1OC1CCCN(C(=O)C2CC(=O)N(c3ccc(Cl)cc3)C2)C1. The molecule has 2 fully saturated rings. The number of anilines is 2. The molecule has 2 atom stereocenters. The van der Waals surface area contributed by atoms with Crippen molar-refractivity contribution in [1.82, 2.24) is 14.9 Å². The van der Waals surface area contributed by atoms with Gasteiger partial charge in [-0.3, -0.25) is 9.59 Å². The Morgan fingerprint density at radius 1 is 1.16 bits per heavy atom. The van der Waals surface area contributed by atoms with Crippen LogP contribution in [0.15, 0.2) is 36.7 Å². The van der Waals surface area contributed by atoms with Gasteiger partial charge in [0.25, 0.3) is 5.88 Å². The molecule has 164 valence electrons. The molecule has 2 amide bonds. The molecule has 0 N–H and O–H groups in total. The number of nitrogens with zero attached hydrogens (tertiary/aromatic N) is 5. The van der Waals surface area contributed by atoms with Gasteiger partial charge in [-0.2, -0.15) is 0 Å². The minimum Gasteiger partial charge on any atom is -0.470 e. The van der Waals surface area contributed by atoms with E-state index >= 15 is 0 Å². The second-order valence-corrected chi connectivity index (χ2v) is 8.56. The molecular formula is C22H26ClN5O3. The molecule has 2 aliphatic heterocycles. The van der Waals surface area contributed by atoms with Crippen LogP contribution in [0.5, 0.6) is 5.88 Å². The van der Waals surface area contributed by atoms with Crippen LogP contribution in [-0.2, 0) is 9.59 Å². The van der Waals surface area contributed by atoms with Crippen LogP contribution in [0.2, 0.25) is 5.02 Å². The lowest BCUT2D eigenvalue weighted by atomic mass is 10.0. The van der Waals surface area contributed by atoms with Crippen LogP contribution in [0.3, 0.4) is 0 Å². The molecule has 9 heteroatoms. The van der Waals surface area contributed by atoms with Gasteiger partial charge in [0.15, 0.2) is 5.82 Å². The van der Waals surface area contributed by atoms with Crippen molar-refractivity contribution in [1.29, 1.82) is 0 Å². The number of likely N-dealkylation sites (tertiary alicyclic amines) is 1. The van der Waals surface area contributed by atoms with E-state index in [1.807, 2.05) is 23.9 Å². The topological polar surface area (TPSA) is 78.9 Å². The van der Waals surface area contributed by atoms with Crippen molar-refractivity contribution < 1.29 is 14.3 Å². The van der Waals surface area contributed by atoms with Gasteiger partial charge in [-0.05, 0) is 37.1 Å². The van der Waals surface area contributed by atoms with Gasteiger partial charge in [0.05, 0.1) is 12.5 Å². The normalized spacial score (nSPS) is 21.3. The van der Waals surface area contributed by atoms with Gasteiger partial charge < -0.3 is 19.4 Å². The summed E-state index contributed by atoms with van der Waals surface area (Å²) in [6.07, 6.45) is 4.98. The fourth-order valence-electron chi connectivity index (χ4n) is 4.10. The molecule has 0 bridgehead atoms. The summed E-state index contributed by atoms with van der Waals surface area (Å²) in [4.78, 5) is 39.7. The fourth-order valence-corrected chi connectivity index (χ4v) is 4.23. The minimum atomic E-state index is -0.351. The molecule has 1 aromatic carbocycles. The summed E-state index contributed by atoms with van der Waals surface area (Å²) < 4.78 is 6.11. The highest BCUT2D eigenvalue weighted by Gasteiger charge is 2.38. The summed E-state index contributed by atoms with van der Waals surface area (Å²) in [5.41, 5.74) is 0.767. The quantitative estimate of drug-likeness (QED) is 0.706. The van der Waals surface area contributed by atoms with Gasteiger partial charge >= 0.3 is 0 Å². The first-order valence-corrected chi connectivity index (χ1v) is 10.8. The summed E-state index contributed by atoms with van der Waals surface area (Å²) in [6.45, 7) is 1.54. The van der Waals surface area contributed by atoms with Gasteiger partial charge in [-0.25, -0.2) is 9.97 Å². The summed E-state index contributed by atoms with van der Waals surface area (Å²) in [6, 6.07) is 7.11. The van der Waals surface area contributed by atoms with Crippen LogP contribution < -0.4 is 14.5 Å². The molecule has 2 saturated heterocycles. The Morgan fingerprint density at radius 2 is 1.90 bits per heavy atom. The van der Waals surface area contributed by atoms with Crippen LogP contribution >= 0.6 is 11.6 Å². The van der Waals surface area contributed by atoms with Crippen LogP contribution in [0.4, 0.5) is 11.5 Å². The molecule has 0 aliphatic carbocycles. The zero-order valence-corrected chi connectivity index (χ0v) is 18.5. The van der Waals surface area contributed by atoms with E-state index in [-0.39, 0.29) is 30.3 Å². The van der Waals surface area contributed by atoms with Crippen LogP contribution in [-0.4, -0.2) is 66.5 Å². The van der Waals surface area contributed by atoms with Crippen LogP contribution in [0.1, 0.15) is 19.3 Å². The summed E-state index contributed by atoms with van der Waals surface area (Å²) in [5.74, 6) is 0.740. The molecule has 2 aromatic rings. The van der Waals surface area contributed by atoms with E-state index in [1.165, 1.54) is 0 Å². The number of aromatic nitrogens is 2. The molecule has 8 nitrogen and oxygen atoms in total. The van der Waals surface area contributed by atoms with E-state index in [0.29, 0.717) is 36.4 Å². The van der Waals surface area contributed by atoms with Crippen molar-refractivity contribution in [2.24, 2.45) is 5.92 Å². The third-order valence-corrected chi connectivity index (χ3v) is 5.90. The Bertz CT molecular complexity index is 952. The molecule has 4 rings (SSSR count). The molecule has 0 radical (unpaired) electrons. The van der Waals surface area contributed by atoms with Gasteiger partial charge in [-0.1, -0.05) is 11.6 Å². The van der Waals surface area contributed by atoms with Crippen molar-refractivity contribution in [3.8, 4) is 5.88 Å². The highest BCUT2D eigenvalue weighted by Crippen LogP contribution is 2.29. The second-order valence-electron chi connectivity index (χ2n) is 8.13. The smallest absolute Gasteiger partial charge is 0.257 e. The number of hydrogen-bond acceptors (Lipinski definition) is 6. The minimum absolute atomic E-state index is 0.00472. The van der Waals surface area contributed by atoms with E-state index in [1.54, 1.807) is 41.6 Å². The molecule has 1 aromatic heterocycles. The highest BCUT2D eigenvalue weighted by molar-refractivity contribution is 6.30. The second kappa shape index (κ2) is 9.09. The summed E-state index contributed by atoms with van der Waals surface area (Å²) in [7, 11) is 3.77. The predicted molar refractivity (Wildman–Crippen MR) is 119 cm³/mol. The van der Waals surface area contributed by atoms with Crippen molar-refractivity contribution in [3.05, 3.63) is 41.7 Å². The summed E-state index contributed by atoms with van der Waals surface area (Å²) >= 11 is 5.95. The van der Waals surface area contributed by atoms with E-state index in [9.17, 15) is 9.59 Å². The van der Waals surface area contributed by atoms with E-state index < -0.39 is 0 Å². The maximum Gasteiger partial charge on any atom is 0.257 e. The first kappa shape index (κ1) is 21.4. The predicted octanol–water partition coefficient (Wildman–Crippen LogP) is 2.62. The number of carbonyl (C=O) groups excluding carboxylic acids is 2.